The molecule has 0 bridgehead atoms. The van der Waals surface area contributed by atoms with Gasteiger partial charge < -0.3 is 9.47 Å². The quantitative estimate of drug-likeness (QED) is 0.734. The van der Waals surface area contributed by atoms with E-state index in [1.54, 1.807) is 13.1 Å². The van der Waals surface area contributed by atoms with Crippen LogP contribution in [0.5, 0.6) is 0 Å². The van der Waals surface area contributed by atoms with E-state index in [0.717, 1.165) is 24.1 Å². The number of aromatic nitrogens is 2. The number of hydrogen-bond acceptors (Lipinski definition) is 5. The maximum atomic E-state index is 12.0. The Hall–Kier alpha value is -2.27. The van der Waals surface area contributed by atoms with Crippen molar-refractivity contribution >= 4 is 5.97 Å². The van der Waals surface area contributed by atoms with Gasteiger partial charge in [-0.25, -0.2) is 14.8 Å². The van der Waals surface area contributed by atoms with Crippen LogP contribution in [0.1, 0.15) is 53.1 Å². The number of hydrogen-bond donors (Lipinski definition) is 0. The van der Waals surface area contributed by atoms with Gasteiger partial charge in [-0.05, 0) is 25.3 Å². The summed E-state index contributed by atoms with van der Waals surface area (Å²) in [5, 5.41) is 0. The number of carbonyl (C=O) groups excluding carboxylic acids is 1. The summed E-state index contributed by atoms with van der Waals surface area (Å²) < 4.78 is 10.7. The minimum atomic E-state index is -0.342. The van der Waals surface area contributed by atoms with E-state index in [2.05, 4.69) is 9.97 Å². The first-order chi connectivity index (χ1) is 11.3. The maximum Gasteiger partial charge on any atom is 0.341 e. The van der Waals surface area contributed by atoms with Crippen molar-refractivity contribution in [2.45, 2.75) is 38.9 Å². The van der Waals surface area contributed by atoms with Crippen LogP contribution >= 0.6 is 0 Å². The van der Waals surface area contributed by atoms with Crippen LogP contribution in [0.3, 0.4) is 0 Å². The van der Waals surface area contributed by atoms with Gasteiger partial charge in [0.25, 0.3) is 0 Å². The van der Waals surface area contributed by atoms with Crippen molar-refractivity contribution in [1.29, 1.82) is 0 Å². The van der Waals surface area contributed by atoms with E-state index in [4.69, 9.17) is 9.47 Å². The Morgan fingerprint density at radius 2 is 2.00 bits per heavy atom. The molecular formula is C18H20N2O3. The molecule has 1 aromatic heterocycles. The molecule has 5 nitrogen and oxygen atoms in total. The Morgan fingerprint density at radius 1 is 1.22 bits per heavy atom. The third-order valence-corrected chi connectivity index (χ3v) is 3.67. The molecule has 0 saturated heterocycles. The molecule has 120 valence electrons. The molecule has 3 rings (SSSR count). The van der Waals surface area contributed by atoms with E-state index in [0.29, 0.717) is 37.1 Å². The van der Waals surface area contributed by atoms with Crippen molar-refractivity contribution in [1.82, 2.24) is 9.97 Å². The smallest absolute Gasteiger partial charge is 0.341 e. The lowest BCUT2D eigenvalue weighted by Crippen LogP contribution is -2.12. The predicted molar refractivity (Wildman–Crippen MR) is 84.9 cm³/mol. The molecule has 0 unspecified atom stereocenters. The highest BCUT2D eigenvalue weighted by Gasteiger charge is 2.30. The summed E-state index contributed by atoms with van der Waals surface area (Å²) in [7, 11) is 0. The van der Waals surface area contributed by atoms with Crippen molar-refractivity contribution in [2.75, 3.05) is 6.61 Å². The van der Waals surface area contributed by atoms with Crippen LogP contribution in [0.15, 0.2) is 36.5 Å². The monoisotopic (exact) mass is 312 g/mol. The Balaban J connectivity index is 1.66. The van der Waals surface area contributed by atoms with Gasteiger partial charge in [0, 0.05) is 12.1 Å². The first-order valence-electron chi connectivity index (χ1n) is 7.92. The second kappa shape index (κ2) is 7.33. The Labute approximate surface area is 135 Å². The summed E-state index contributed by atoms with van der Waals surface area (Å²) in [6.45, 7) is 2.99. The lowest BCUT2D eigenvalue weighted by Gasteiger charge is -2.09. The molecular weight excluding hydrogens is 292 g/mol. The van der Waals surface area contributed by atoms with E-state index in [1.165, 1.54) is 0 Å². The molecule has 0 aliphatic heterocycles. The third-order valence-electron chi connectivity index (χ3n) is 3.67. The predicted octanol–water partition coefficient (Wildman–Crippen LogP) is 3.25. The SMILES string of the molecule is CCOC(=O)c1cnc(COCc2ccccc2)nc1C1CC1. The summed E-state index contributed by atoms with van der Waals surface area (Å²) in [5.74, 6) is 0.618. The Morgan fingerprint density at radius 3 is 2.70 bits per heavy atom. The second-order valence-corrected chi connectivity index (χ2v) is 5.56. The highest BCUT2D eigenvalue weighted by molar-refractivity contribution is 5.90. The van der Waals surface area contributed by atoms with Crippen LogP contribution in [0.2, 0.25) is 0 Å². The fourth-order valence-corrected chi connectivity index (χ4v) is 2.37. The number of rotatable bonds is 7. The van der Waals surface area contributed by atoms with Gasteiger partial charge in [-0.15, -0.1) is 0 Å². The normalized spacial score (nSPS) is 13.8. The van der Waals surface area contributed by atoms with Gasteiger partial charge >= 0.3 is 5.97 Å². The molecule has 23 heavy (non-hydrogen) atoms. The fourth-order valence-electron chi connectivity index (χ4n) is 2.37. The molecule has 1 aliphatic carbocycles. The molecule has 1 heterocycles. The molecule has 5 heteroatoms. The van der Waals surface area contributed by atoms with Crippen molar-refractivity contribution in [2.24, 2.45) is 0 Å². The van der Waals surface area contributed by atoms with Gasteiger partial charge in [-0.2, -0.15) is 0 Å². The standard InChI is InChI=1S/C18H20N2O3/c1-2-23-18(21)15-10-19-16(20-17(15)14-8-9-14)12-22-11-13-6-4-3-5-7-13/h3-7,10,14H,2,8-9,11-12H2,1H3. The molecule has 0 N–H and O–H groups in total. The number of nitrogens with zero attached hydrogens (tertiary/aromatic N) is 2. The molecule has 0 radical (unpaired) electrons. The average Bonchev–Trinajstić information content (AvgIpc) is 3.41. The van der Waals surface area contributed by atoms with Gasteiger partial charge in [0.2, 0.25) is 0 Å². The zero-order valence-corrected chi connectivity index (χ0v) is 13.2. The molecule has 0 amide bonds. The molecule has 0 spiro atoms. The van der Waals surface area contributed by atoms with Crippen LogP contribution in [-0.2, 0) is 22.7 Å². The van der Waals surface area contributed by atoms with Crippen molar-refractivity contribution in [3.63, 3.8) is 0 Å². The van der Waals surface area contributed by atoms with Crippen LogP contribution in [-0.4, -0.2) is 22.5 Å². The molecule has 1 aliphatic rings. The van der Waals surface area contributed by atoms with Crippen molar-refractivity contribution < 1.29 is 14.3 Å². The van der Waals surface area contributed by atoms with Crippen LogP contribution in [0, 0.1) is 0 Å². The average molecular weight is 312 g/mol. The number of carbonyl (C=O) groups is 1. The minimum absolute atomic E-state index is 0.331. The topological polar surface area (TPSA) is 61.3 Å². The Bertz CT molecular complexity index is 669. The largest absolute Gasteiger partial charge is 0.462 e. The van der Waals surface area contributed by atoms with Crippen LogP contribution in [0.25, 0.3) is 0 Å². The van der Waals surface area contributed by atoms with Gasteiger partial charge in [0.1, 0.15) is 6.61 Å². The van der Waals surface area contributed by atoms with Gasteiger partial charge in [0.05, 0.1) is 24.5 Å². The summed E-state index contributed by atoms with van der Waals surface area (Å²) in [6, 6.07) is 9.96. The summed E-state index contributed by atoms with van der Waals surface area (Å²) >= 11 is 0. The van der Waals surface area contributed by atoms with Crippen LogP contribution in [0.4, 0.5) is 0 Å². The van der Waals surface area contributed by atoms with Crippen LogP contribution < -0.4 is 0 Å². The van der Waals surface area contributed by atoms with Crippen molar-refractivity contribution in [3.05, 3.63) is 59.2 Å². The first kappa shape index (κ1) is 15.6. The lowest BCUT2D eigenvalue weighted by atomic mass is 10.1. The van der Waals surface area contributed by atoms with Crippen molar-refractivity contribution in [3.8, 4) is 0 Å². The van der Waals surface area contributed by atoms with E-state index in [9.17, 15) is 4.79 Å². The van der Waals surface area contributed by atoms with Gasteiger partial charge in [-0.1, -0.05) is 30.3 Å². The van der Waals surface area contributed by atoms with E-state index < -0.39 is 0 Å². The number of benzene rings is 1. The zero-order valence-electron chi connectivity index (χ0n) is 13.2. The summed E-state index contributed by atoms with van der Waals surface area (Å²) in [6.07, 6.45) is 3.70. The fraction of sp³-hybridized carbons (Fsp3) is 0.389. The molecule has 1 saturated carbocycles. The lowest BCUT2D eigenvalue weighted by molar-refractivity contribution is 0.0523. The maximum absolute atomic E-state index is 12.0. The van der Waals surface area contributed by atoms with E-state index in [-0.39, 0.29) is 5.97 Å². The Kier molecular flexibility index (Phi) is 4.98. The van der Waals surface area contributed by atoms with Gasteiger partial charge in [-0.3, -0.25) is 0 Å². The zero-order chi connectivity index (χ0) is 16.1. The molecule has 0 atom stereocenters. The van der Waals surface area contributed by atoms with E-state index >= 15 is 0 Å². The van der Waals surface area contributed by atoms with E-state index in [1.807, 2.05) is 30.3 Å². The summed E-state index contributed by atoms with van der Waals surface area (Å²) in [5.41, 5.74) is 2.40. The molecule has 1 aromatic carbocycles. The summed E-state index contributed by atoms with van der Waals surface area (Å²) in [4.78, 5) is 20.8. The first-order valence-corrected chi connectivity index (χ1v) is 7.92. The highest BCUT2D eigenvalue weighted by Crippen LogP contribution is 2.40. The minimum Gasteiger partial charge on any atom is -0.462 e. The molecule has 1 fully saturated rings. The number of esters is 1. The van der Waals surface area contributed by atoms with Gasteiger partial charge in [0.15, 0.2) is 5.82 Å². The highest BCUT2D eigenvalue weighted by atomic mass is 16.5. The third kappa shape index (κ3) is 4.13. The second-order valence-electron chi connectivity index (χ2n) is 5.56. The molecule has 2 aromatic rings. The number of ether oxygens (including phenoxy) is 2.